The summed E-state index contributed by atoms with van der Waals surface area (Å²) in [5.41, 5.74) is 6.36. The third kappa shape index (κ3) is 4.97. The second-order valence-electron chi connectivity index (χ2n) is 5.61. The Morgan fingerprint density at radius 2 is 2.00 bits per heavy atom. The molecule has 0 aliphatic rings. The second-order valence-corrected chi connectivity index (χ2v) is 6.56. The quantitative estimate of drug-likeness (QED) is 0.289. The van der Waals surface area contributed by atoms with Crippen molar-refractivity contribution in [2.75, 3.05) is 11.3 Å². The van der Waals surface area contributed by atoms with Gasteiger partial charge in [0.15, 0.2) is 0 Å². The summed E-state index contributed by atoms with van der Waals surface area (Å²) in [5.74, 6) is 7.19. The Balaban J connectivity index is 1.53. The number of nitrogens with zero attached hydrogens (tertiary/aromatic N) is 4. The van der Waals surface area contributed by atoms with Crippen molar-refractivity contribution in [1.29, 1.82) is 0 Å². The van der Waals surface area contributed by atoms with Gasteiger partial charge in [0.05, 0.1) is 0 Å². The summed E-state index contributed by atoms with van der Waals surface area (Å²) in [5, 5.41) is 12.8. The molecule has 1 heterocycles. The van der Waals surface area contributed by atoms with E-state index in [1.54, 1.807) is 6.21 Å². The van der Waals surface area contributed by atoms with Crippen LogP contribution in [0.15, 0.2) is 70.9 Å². The lowest BCUT2D eigenvalue weighted by atomic mass is 10.2. The molecule has 0 aliphatic carbocycles. The fraction of sp³-hybridized carbons (Fsp3) is 0.105. The van der Waals surface area contributed by atoms with Crippen molar-refractivity contribution in [3.05, 3.63) is 77.4 Å². The summed E-state index contributed by atoms with van der Waals surface area (Å²) in [7, 11) is 0. The minimum Gasteiger partial charge on any atom is -0.334 e. The van der Waals surface area contributed by atoms with E-state index in [9.17, 15) is 0 Å². The molecule has 26 heavy (non-hydrogen) atoms. The molecule has 3 aromatic rings. The van der Waals surface area contributed by atoms with Gasteiger partial charge in [-0.25, -0.2) is 10.1 Å². The molecule has 6 nitrogen and oxygen atoms in total. The molecule has 0 aliphatic heterocycles. The number of benzene rings is 2. The lowest BCUT2D eigenvalue weighted by Crippen LogP contribution is -2.13. The maximum absolute atomic E-state index is 6.02. The normalized spacial score (nSPS) is 11.4. The van der Waals surface area contributed by atoms with Crippen molar-refractivity contribution in [1.82, 2.24) is 14.9 Å². The highest BCUT2D eigenvalue weighted by atomic mass is 32.2. The Morgan fingerprint density at radius 3 is 2.81 bits per heavy atom. The van der Waals surface area contributed by atoms with E-state index in [1.807, 2.05) is 48.6 Å². The van der Waals surface area contributed by atoms with Crippen LogP contribution in [0.4, 0.5) is 5.95 Å². The maximum Gasteiger partial charge on any atom is 0.264 e. The van der Waals surface area contributed by atoms with Gasteiger partial charge in [0.25, 0.3) is 5.95 Å². The largest absolute Gasteiger partial charge is 0.334 e. The van der Waals surface area contributed by atoms with Gasteiger partial charge in [0.2, 0.25) is 5.16 Å². The monoisotopic (exact) mass is 364 g/mol. The van der Waals surface area contributed by atoms with Gasteiger partial charge in [-0.1, -0.05) is 78.0 Å². The highest BCUT2D eigenvalue weighted by Gasteiger charge is 2.09. The summed E-state index contributed by atoms with van der Waals surface area (Å²) in [6.45, 7) is 2.08. The molecular weight excluding hydrogens is 344 g/mol. The standard InChI is InChI=1S/C19H20N6S/c1-15-7-5-10-17(13-15)14-26-19-24-23-18(25(19)20)22-21-12-6-11-16-8-3-2-4-9-16/h2-13H,14,20H2,1H3,(H,22,23)/b11-6+,21-12+. The SMILES string of the molecule is Cc1cccc(CSc2nnc(N/N=C/C=C/c3ccccc3)n2N)c1. The smallest absolute Gasteiger partial charge is 0.264 e. The van der Waals surface area contributed by atoms with E-state index in [1.165, 1.54) is 27.6 Å². The zero-order valence-electron chi connectivity index (χ0n) is 14.4. The third-order valence-electron chi connectivity index (χ3n) is 3.53. The molecule has 3 rings (SSSR count). The Morgan fingerprint density at radius 1 is 1.15 bits per heavy atom. The Hall–Kier alpha value is -3.06. The van der Waals surface area contributed by atoms with Crippen molar-refractivity contribution in [2.45, 2.75) is 17.8 Å². The van der Waals surface area contributed by atoms with Crippen LogP contribution in [-0.2, 0) is 5.75 Å². The van der Waals surface area contributed by atoms with E-state index in [4.69, 9.17) is 5.84 Å². The van der Waals surface area contributed by atoms with Crippen LogP contribution in [0.5, 0.6) is 0 Å². The summed E-state index contributed by atoms with van der Waals surface area (Å²) < 4.78 is 1.40. The molecule has 0 radical (unpaired) electrons. The summed E-state index contributed by atoms with van der Waals surface area (Å²) in [4.78, 5) is 0. The third-order valence-corrected chi connectivity index (χ3v) is 4.54. The fourth-order valence-electron chi connectivity index (χ4n) is 2.26. The first-order valence-electron chi connectivity index (χ1n) is 8.12. The first-order valence-corrected chi connectivity index (χ1v) is 9.10. The number of allylic oxidation sites excluding steroid dienone is 1. The topological polar surface area (TPSA) is 81.1 Å². The number of aromatic nitrogens is 3. The molecule has 3 N–H and O–H groups in total. The first kappa shape index (κ1) is 17.8. The van der Waals surface area contributed by atoms with Crippen LogP contribution in [0, 0.1) is 6.92 Å². The Kier molecular flexibility index (Phi) is 6.05. The average molecular weight is 364 g/mol. The second kappa shape index (κ2) is 8.87. The van der Waals surface area contributed by atoms with Crippen LogP contribution in [0.1, 0.15) is 16.7 Å². The van der Waals surface area contributed by atoms with Crippen LogP contribution in [-0.4, -0.2) is 21.1 Å². The fourth-order valence-corrected chi connectivity index (χ4v) is 3.06. The first-order chi connectivity index (χ1) is 12.7. The number of thioether (sulfide) groups is 1. The lowest BCUT2D eigenvalue weighted by Gasteiger charge is -2.03. The van der Waals surface area contributed by atoms with Crippen molar-refractivity contribution in [3.63, 3.8) is 0 Å². The lowest BCUT2D eigenvalue weighted by molar-refractivity contribution is 0.847. The minimum absolute atomic E-state index is 0.390. The highest BCUT2D eigenvalue weighted by molar-refractivity contribution is 7.98. The average Bonchev–Trinajstić information content (AvgIpc) is 3.01. The Labute approximate surface area is 156 Å². The van der Waals surface area contributed by atoms with Crippen LogP contribution >= 0.6 is 11.8 Å². The minimum atomic E-state index is 0.390. The van der Waals surface area contributed by atoms with E-state index >= 15 is 0 Å². The zero-order valence-corrected chi connectivity index (χ0v) is 15.2. The van der Waals surface area contributed by atoms with Gasteiger partial charge in [0.1, 0.15) is 0 Å². The van der Waals surface area contributed by atoms with E-state index in [2.05, 4.69) is 45.8 Å². The molecule has 0 atom stereocenters. The molecule has 0 unspecified atom stereocenters. The Bertz CT molecular complexity index is 901. The van der Waals surface area contributed by atoms with Gasteiger partial charge in [-0.15, -0.1) is 10.2 Å². The number of hydrazone groups is 1. The van der Waals surface area contributed by atoms with Crippen molar-refractivity contribution in [2.24, 2.45) is 5.10 Å². The van der Waals surface area contributed by atoms with E-state index in [0.717, 1.165) is 11.3 Å². The molecule has 0 saturated carbocycles. The van der Waals surface area contributed by atoms with Gasteiger partial charge in [0, 0.05) is 12.0 Å². The maximum atomic E-state index is 6.02. The number of nitrogens with two attached hydrogens (primary N) is 1. The number of hydrogen-bond acceptors (Lipinski definition) is 6. The molecule has 132 valence electrons. The van der Waals surface area contributed by atoms with Crippen LogP contribution in [0.2, 0.25) is 0 Å². The van der Waals surface area contributed by atoms with Crippen LogP contribution in [0.25, 0.3) is 6.08 Å². The number of aryl methyl sites for hydroxylation is 1. The van der Waals surface area contributed by atoms with Gasteiger partial charge >= 0.3 is 0 Å². The van der Waals surface area contributed by atoms with E-state index < -0.39 is 0 Å². The summed E-state index contributed by atoms with van der Waals surface area (Å²) in [6.07, 6.45) is 5.44. The number of anilines is 1. The molecule has 0 bridgehead atoms. The van der Waals surface area contributed by atoms with Gasteiger partial charge in [-0.05, 0) is 24.1 Å². The van der Waals surface area contributed by atoms with Crippen molar-refractivity contribution in [3.8, 4) is 0 Å². The molecule has 2 aromatic carbocycles. The van der Waals surface area contributed by atoms with Crippen molar-refractivity contribution >= 4 is 30.0 Å². The number of rotatable bonds is 7. The number of nitrogens with one attached hydrogen (secondary N) is 1. The highest BCUT2D eigenvalue weighted by Crippen LogP contribution is 2.22. The molecule has 0 fully saturated rings. The number of hydrogen-bond donors (Lipinski definition) is 2. The molecule has 0 spiro atoms. The zero-order chi connectivity index (χ0) is 18.2. The molecule has 0 amide bonds. The number of nitrogen functional groups attached to an aromatic ring is 1. The van der Waals surface area contributed by atoms with E-state index in [0.29, 0.717) is 11.1 Å². The molecule has 0 saturated heterocycles. The summed E-state index contributed by atoms with van der Waals surface area (Å²) >= 11 is 1.53. The molecule has 7 heteroatoms. The molecule has 1 aromatic heterocycles. The van der Waals surface area contributed by atoms with Gasteiger partial charge in [-0.2, -0.15) is 5.10 Å². The van der Waals surface area contributed by atoms with Gasteiger partial charge in [-0.3, -0.25) is 0 Å². The predicted octanol–water partition coefficient (Wildman–Crippen LogP) is 3.70. The summed E-state index contributed by atoms with van der Waals surface area (Å²) in [6, 6.07) is 18.3. The van der Waals surface area contributed by atoms with Crippen molar-refractivity contribution < 1.29 is 0 Å². The van der Waals surface area contributed by atoms with Crippen LogP contribution in [0.3, 0.4) is 0 Å². The van der Waals surface area contributed by atoms with Gasteiger partial charge < -0.3 is 5.84 Å². The predicted molar refractivity (Wildman–Crippen MR) is 109 cm³/mol. The van der Waals surface area contributed by atoms with Crippen LogP contribution < -0.4 is 11.3 Å². The molecular formula is C19H20N6S. The van der Waals surface area contributed by atoms with E-state index in [-0.39, 0.29) is 0 Å².